The first-order valence-electron chi connectivity index (χ1n) is 9.14. The van der Waals surface area contributed by atoms with Crippen LogP contribution in [-0.2, 0) is 25.2 Å². The van der Waals surface area contributed by atoms with Gasteiger partial charge in [-0.25, -0.2) is 0 Å². The van der Waals surface area contributed by atoms with Gasteiger partial charge in [0.2, 0.25) is 11.8 Å². The Hall–Kier alpha value is -2.84. The number of hydrogen-bond acceptors (Lipinski definition) is 6. The number of nitrogens with zero attached hydrogens (tertiary/aromatic N) is 3. The van der Waals surface area contributed by atoms with Gasteiger partial charge in [0, 0.05) is 39.5 Å². The molecule has 8 nitrogen and oxygen atoms in total. The van der Waals surface area contributed by atoms with Gasteiger partial charge in [0.25, 0.3) is 0 Å². The smallest absolute Gasteiger partial charge is 0.383 e. The second kappa shape index (κ2) is 10.3. The van der Waals surface area contributed by atoms with Gasteiger partial charge < -0.3 is 24.6 Å². The number of amides is 2. The van der Waals surface area contributed by atoms with Crippen LogP contribution in [0.3, 0.4) is 0 Å². The van der Waals surface area contributed by atoms with Crippen molar-refractivity contribution >= 4 is 17.5 Å². The first-order valence-corrected chi connectivity index (χ1v) is 9.14. The summed E-state index contributed by atoms with van der Waals surface area (Å²) in [6.07, 6.45) is -4.71. The van der Waals surface area contributed by atoms with Gasteiger partial charge in [-0.1, -0.05) is 0 Å². The predicted molar refractivity (Wildman–Crippen MR) is 101 cm³/mol. The van der Waals surface area contributed by atoms with Crippen molar-refractivity contribution in [2.75, 3.05) is 58.5 Å². The molecule has 1 saturated heterocycles. The third kappa shape index (κ3) is 5.61. The normalized spacial score (nSPS) is 16.9. The minimum atomic E-state index is -4.71. The summed E-state index contributed by atoms with van der Waals surface area (Å²) in [5.74, 6) is -0.762. The average molecular weight is 428 g/mol. The van der Waals surface area contributed by atoms with Crippen LogP contribution in [0.5, 0.6) is 0 Å². The molecule has 1 aromatic rings. The molecule has 30 heavy (non-hydrogen) atoms. The number of ether oxygens (including phenoxy) is 2. The second-order valence-electron chi connectivity index (χ2n) is 6.61. The molecule has 0 spiro atoms. The van der Waals surface area contributed by atoms with E-state index in [1.165, 1.54) is 36.2 Å². The zero-order valence-electron chi connectivity index (χ0n) is 16.7. The van der Waals surface area contributed by atoms with Crippen LogP contribution in [0.1, 0.15) is 11.1 Å². The SMILES string of the molecule is COCCNC(=O)C1CN(C(=O)COC)CCN1c1ccc(C#N)c(C(F)(F)F)c1. The molecule has 2 amide bonds. The summed E-state index contributed by atoms with van der Waals surface area (Å²) in [6, 6.07) is 3.94. The van der Waals surface area contributed by atoms with E-state index < -0.39 is 29.3 Å². The highest BCUT2D eigenvalue weighted by Gasteiger charge is 2.37. The Kier molecular flexibility index (Phi) is 8.02. The maximum atomic E-state index is 13.4. The lowest BCUT2D eigenvalue weighted by Gasteiger charge is -2.42. The van der Waals surface area contributed by atoms with E-state index in [-0.39, 0.29) is 51.0 Å². The Morgan fingerprint density at radius 3 is 2.60 bits per heavy atom. The van der Waals surface area contributed by atoms with Gasteiger partial charge >= 0.3 is 6.18 Å². The second-order valence-corrected chi connectivity index (χ2v) is 6.61. The number of hydrogen-bond donors (Lipinski definition) is 1. The lowest BCUT2D eigenvalue weighted by Crippen LogP contribution is -2.61. The Morgan fingerprint density at radius 2 is 2.00 bits per heavy atom. The van der Waals surface area contributed by atoms with Gasteiger partial charge in [-0.05, 0) is 18.2 Å². The summed E-state index contributed by atoms with van der Waals surface area (Å²) in [4.78, 5) is 27.9. The van der Waals surface area contributed by atoms with Gasteiger partial charge in [0.15, 0.2) is 0 Å². The third-order valence-corrected chi connectivity index (χ3v) is 4.67. The summed E-state index contributed by atoms with van der Waals surface area (Å²) in [5.41, 5.74) is -1.42. The first-order chi connectivity index (χ1) is 14.2. The van der Waals surface area contributed by atoms with E-state index in [1.807, 2.05) is 0 Å². The van der Waals surface area contributed by atoms with Crippen LogP contribution in [0.2, 0.25) is 0 Å². The topological polar surface area (TPSA) is 94.9 Å². The Morgan fingerprint density at radius 1 is 1.27 bits per heavy atom. The zero-order chi connectivity index (χ0) is 22.3. The molecule has 0 saturated carbocycles. The molecule has 11 heteroatoms. The number of anilines is 1. The molecule has 0 aromatic heterocycles. The van der Waals surface area contributed by atoms with Crippen molar-refractivity contribution in [3.8, 4) is 6.07 Å². The van der Waals surface area contributed by atoms with Gasteiger partial charge in [0.05, 0.1) is 30.3 Å². The highest BCUT2D eigenvalue weighted by molar-refractivity contribution is 5.87. The molecule has 1 aliphatic heterocycles. The summed E-state index contributed by atoms with van der Waals surface area (Å²) in [7, 11) is 2.85. The molecule has 1 fully saturated rings. The van der Waals surface area contributed by atoms with Crippen molar-refractivity contribution in [3.05, 3.63) is 29.3 Å². The molecular formula is C19H23F3N4O4. The average Bonchev–Trinajstić information content (AvgIpc) is 2.72. The van der Waals surface area contributed by atoms with E-state index in [2.05, 4.69) is 5.32 Å². The molecule has 1 aliphatic rings. The highest BCUT2D eigenvalue weighted by atomic mass is 19.4. The van der Waals surface area contributed by atoms with Gasteiger partial charge in [-0.2, -0.15) is 18.4 Å². The number of carbonyl (C=O) groups is 2. The fourth-order valence-corrected chi connectivity index (χ4v) is 3.19. The van der Waals surface area contributed by atoms with Gasteiger partial charge in [-0.15, -0.1) is 0 Å². The number of carbonyl (C=O) groups excluding carboxylic acids is 2. The van der Waals surface area contributed by atoms with E-state index in [1.54, 1.807) is 0 Å². The molecule has 0 bridgehead atoms. The van der Waals surface area contributed by atoms with E-state index in [9.17, 15) is 22.8 Å². The summed E-state index contributed by atoms with van der Waals surface area (Å²) < 4.78 is 49.8. The molecule has 2 rings (SSSR count). The Labute approximate surface area is 172 Å². The monoisotopic (exact) mass is 428 g/mol. The zero-order valence-corrected chi connectivity index (χ0v) is 16.7. The fourth-order valence-electron chi connectivity index (χ4n) is 3.19. The van der Waals surface area contributed by atoms with Gasteiger partial charge in [-0.3, -0.25) is 9.59 Å². The lowest BCUT2D eigenvalue weighted by atomic mass is 10.0. The third-order valence-electron chi connectivity index (χ3n) is 4.67. The van der Waals surface area contributed by atoms with Crippen LogP contribution >= 0.6 is 0 Å². The number of nitrogens with one attached hydrogen (secondary N) is 1. The molecule has 164 valence electrons. The molecule has 1 aromatic carbocycles. The van der Waals surface area contributed by atoms with Crippen molar-refractivity contribution in [2.45, 2.75) is 12.2 Å². The Bertz CT molecular complexity index is 810. The van der Waals surface area contributed by atoms with Crippen molar-refractivity contribution in [2.24, 2.45) is 0 Å². The lowest BCUT2D eigenvalue weighted by molar-refractivity contribution is -0.138. The standard InChI is InChI=1S/C19H23F3N4O4/c1-29-8-5-24-18(28)16-11-25(17(27)12-30-2)6-7-26(16)14-4-3-13(10-23)15(9-14)19(20,21)22/h3-4,9,16H,5-8,11-12H2,1-2H3,(H,24,28). The summed E-state index contributed by atoms with van der Waals surface area (Å²) in [5, 5.41) is 11.7. The minimum Gasteiger partial charge on any atom is -0.383 e. The molecule has 0 radical (unpaired) electrons. The Balaban J connectivity index is 2.35. The molecule has 1 atom stereocenters. The van der Waals surface area contributed by atoms with Crippen LogP contribution in [-0.4, -0.2) is 76.4 Å². The number of alkyl halides is 3. The van der Waals surface area contributed by atoms with Crippen LogP contribution in [0.4, 0.5) is 18.9 Å². The predicted octanol–water partition coefficient (Wildman–Crippen LogP) is 1.00. The van der Waals surface area contributed by atoms with E-state index in [0.717, 1.165) is 12.1 Å². The van der Waals surface area contributed by atoms with E-state index >= 15 is 0 Å². The number of halogens is 3. The van der Waals surface area contributed by atoms with Crippen molar-refractivity contribution < 1.29 is 32.2 Å². The summed E-state index contributed by atoms with van der Waals surface area (Å²) in [6.45, 7) is 0.661. The molecule has 0 aliphatic carbocycles. The van der Waals surface area contributed by atoms with Crippen molar-refractivity contribution in [1.82, 2.24) is 10.2 Å². The summed E-state index contributed by atoms with van der Waals surface area (Å²) >= 11 is 0. The maximum absolute atomic E-state index is 13.4. The van der Waals surface area contributed by atoms with Crippen LogP contribution in [0.15, 0.2) is 18.2 Å². The number of rotatable bonds is 7. The van der Waals surface area contributed by atoms with Crippen molar-refractivity contribution in [1.29, 1.82) is 5.26 Å². The fraction of sp³-hybridized carbons (Fsp3) is 0.526. The largest absolute Gasteiger partial charge is 0.417 e. The van der Waals surface area contributed by atoms with Crippen molar-refractivity contribution in [3.63, 3.8) is 0 Å². The molecule has 1 unspecified atom stereocenters. The highest BCUT2D eigenvalue weighted by Crippen LogP contribution is 2.35. The number of benzene rings is 1. The molecular weight excluding hydrogens is 405 g/mol. The van der Waals surface area contributed by atoms with Crippen LogP contribution in [0.25, 0.3) is 0 Å². The minimum absolute atomic E-state index is 0.0115. The van der Waals surface area contributed by atoms with Crippen LogP contribution in [0, 0.1) is 11.3 Å². The quantitative estimate of drug-likeness (QED) is 0.652. The molecule has 1 N–H and O–H groups in total. The van der Waals surface area contributed by atoms with Gasteiger partial charge in [0.1, 0.15) is 12.6 Å². The van der Waals surface area contributed by atoms with E-state index in [0.29, 0.717) is 0 Å². The van der Waals surface area contributed by atoms with E-state index in [4.69, 9.17) is 14.7 Å². The number of nitriles is 1. The molecule has 1 heterocycles. The first kappa shape index (κ1) is 23.4. The van der Waals surface area contributed by atoms with Crippen LogP contribution < -0.4 is 10.2 Å². The number of piperazine rings is 1. The number of methoxy groups -OCH3 is 2. The maximum Gasteiger partial charge on any atom is 0.417 e.